The average molecular weight is 697 g/mol. The van der Waals surface area contributed by atoms with Gasteiger partial charge in [0.25, 0.3) is 0 Å². The molecule has 254 valence electrons. The fourth-order valence-electron chi connectivity index (χ4n) is 9.30. The molecule has 55 heavy (non-hydrogen) atoms. The number of hydrogen-bond donors (Lipinski definition) is 0. The van der Waals surface area contributed by atoms with Crippen molar-refractivity contribution in [3.05, 3.63) is 194 Å². The zero-order chi connectivity index (χ0) is 36.0. The summed E-state index contributed by atoms with van der Waals surface area (Å²) in [5.41, 5.74) is 9.22. The molecule has 0 spiro atoms. The maximum atomic E-state index is 6.61. The summed E-state index contributed by atoms with van der Waals surface area (Å²) in [6.07, 6.45) is 0. The predicted molar refractivity (Wildman–Crippen MR) is 235 cm³/mol. The first-order valence-electron chi connectivity index (χ1n) is 19.0. The molecule has 0 fully saturated rings. The maximum Gasteiger partial charge on any atom is 0.136 e. The molecule has 0 saturated heterocycles. The summed E-state index contributed by atoms with van der Waals surface area (Å²) >= 11 is 0. The van der Waals surface area contributed by atoms with Gasteiger partial charge in [0, 0.05) is 10.8 Å². The van der Waals surface area contributed by atoms with Crippen LogP contribution >= 0.6 is 0 Å². The van der Waals surface area contributed by atoms with Gasteiger partial charge in [-0.2, -0.15) is 0 Å². The molecule has 0 N–H and O–H groups in total. The van der Waals surface area contributed by atoms with E-state index in [2.05, 4.69) is 194 Å². The van der Waals surface area contributed by atoms with Gasteiger partial charge in [0.15, 0.2) is 0 Å². The van der Waals surface area contributed by atoms with Gasteiger partial charge < -0.3 is 4.42 Å². The number of hydrogen-bond acceptors (Lipinski definition) is 1. The fraction of sp³-hybridized carbons (Fsp3) is 0. The van der Waals surface area contributed by atoms with Crippen LogP contribution in [-0.4, -0.2) is 0 Å². The highest BCUT2D eigenvalue weighted by molar-refractivity contribution is 6.28. The van der Waals surface area contributed by atoms with Crippen LogP contribution in [0.25, 0.3) is 120 Å². The molecule has 1 aromatic heterocycles. The highest BCUT2D eigenvalue weighted by Crippen LogP contribution is 2.46. The lowest BCUT2D eigenvalue weighted by molar-refractivity contribution is 0.669. The molecule has 11 aromatic carbocycles. The Morgan fingerprint density at radius 3 is 1.31 bits per heavy atom. The van der Waals surface area contributed by atoms with Gasteiger partial charge in [0.1, 0.15) is 11.2 Å². The molecule has 0 radical (unpaired) electrons. The third-order valence-corrected chi connectivity index (χ3v) is 11.8. The first-order chi connectivity index (χ1) is 27.3. The van der Waals surface area contributed by atoms with E-state index in [-0.39, 0.29) is 0 Å². The first kappa shape index (κ1) is 30.3. The van der Waals surface area contributed by atoms with Crippen LogP contribution < -0.4 is 0 Å². The zero-order valence-electron chi connectivity index (χ0n) is 29.9. The van der Waals surface area contributed by atoms with Crippen LogP contribution in [0.2, 0.25) is 0 Å². The van der Waals surface area contributed by atoms with E-state index in [4.69, 9.17) is 4.42 Å². The van der Waals surface area contributed by atoms with Crippen molar-refractivity contribution in [3.8, 4) is 33.4 Å². The normalized spacial score (nSPS) is 12.0. The highest BCUT2D eigenvalue weighted by atomic mass is 16.3. The van der Waals surface area contributed by atoms with Crippen LogP contribution in [0.3, 0.4) is 0 Å². The van der Waals surface area contributed by atoms with E-state index in [1.54, 1.807) is 0 Å². The Morgan fingerprint density at radius 2 is 0.673 bits per heavy atom. The molecule has 1 heterocycles. The minimum Gasteiger partial charge on any atom is -0.456 e. The molecule has 1 heteroatoms. The van der Waals surface area contributed by atoms with E-state index in [0.717, 1.165) is 11.2 Å². The van der Waals surface area contributed by atoms with Gasteiger partial charge >= 0.3 is 0 Å². The number of benzene rings is 11. The summed E-state index contributed by atoms with van der Waals surface area (Å²) in [5.74, 6) is 0. The van der Waals surface area contributed by atoms with E-state index in [9.17, 15) is 0 Å². The topological polar surface area (TPSA) is 13.1 Å². The maximum absolute atomic E-state index is 6.61. The summed E-state index contributed by atoms with van der Waals surface area (Å²) in [7, 11) is 0. The standard InChI is InChI=1S/C54H32O/c1-2-13-35-30-39(25-21-33(35)11-1)51-44-17-7-9-19-46(44)52(47-20-10-8-18-45(47)51)40-26-23-36-29-38(24-22-37(36)31-40)48-32-50-54(43-16-6-5-15-42(43)48)53-41-14-4-3-12-34(41)27-28-49(53)55-50/h1-32H. The third-order valence-electron chi connectivity index (χ3n) is 11.8. The van der Waals surface area contributed by atoms with Gasteiger partial charge in [-0.05, 0) is 128 Å². The Labute approximate surface area is 317 Å². The van der Waals surface area contributed by atoms with Crippen LogP contribution in [0.1, 0.15) is 0 Å². The molecule has 0 unspecified atom stereocenters. The summed E-state index contributed by atoms with van der Waals surface area (Å²) in [6, 6.07) is 71.1. The van der Waals surface area contributed by atoms with Crippen LogP contribution in [0, 0.1) is 0 Å². The monoisotopic (exact) mass is 696 g/mol. The van der Waals surface area contributed by atoms with Gasteiger partial charge in [-0.15, -0.1) is 0 Å². The first-order valence-corrected chi connectivity index (χ1v) is 19.0. The molecule has 0 amide bonds. The lowest BCUT2D eigenvalue weighted by Gasteiger charge is -2.18. The van der Waals surface area contributed by atoms with Crippen molar-refractivity contribution in [2.45, 2.75) is 0 Å². The molecule has 1 nitrogen and oxygen atoms in total. The zero-order valence-corrected chi connectivity index (χ0v) is 29.9. The molecule has 0 saturated carbocycles. The van der Waals surface area contributed by atoms with E-state index < -0.39 is 0 Å². The van der Waals surface area contributed by atoms with Gasteiger partial charge in [-0.3, -0.25) is 0 Å². The van der Waals surface area contributed by atoms with Gasteiger partial charge in [0.05, 0.1) is 0 Å². The molecule has 12 rings (SSSR count). The van der Waals surface area contributed by atoms with Crippen molar-refractivity contribution in [3.63, 3.8) is 0 Å². The van der Waals surface area contributed by atoms with Crippen LogP contribution in [-0.2, 0) is 0 Å². The van der Waals surface area contributed by atoms with Crippen LogP contribution in [0.4, 0.5) is 0 Å². The molecule has 12 aromatic rings. The summed E-state index contributed by atoms with van der Waals surface area (Å²) in [4.78, 5) is 0. The Hall–Kier alpha value is -7.22. The Balaban J connectivity index is 1.03. The van der Waals surface area contributed by atoms with Crippen molar-refractivity contribution in [1.82, 2.24) is 0 Å². The second-order valence-electron chi connectivity index (χ2n) is 14.8. The molecule has 0 aliphatic heterocycles. The van der Waals surface area contributed by atoms with Crippen molar-refractivity contribution < 1.29 is 4.42 Å². The molecule has 0 aliphatic rings. The summed E-state index contributed by atoms with van der Waals surface area (Å²) in [5, 5.41) is 17.3. The predicted octanol–water partition coefficient (Wildman–Crippen LogP) is 15.5. The quantitative estimate of drug-likeness (QED) is 0.168. The summed E-state index contributed by atoms with van der Waals surface area (Å²) in [6.45, 7) is 0. The molecule has 0 aliphatic carbocycles. The van der Waals surface area contributed by atoms with E-state index in [1.165, 1.54) is 109 Å². The van der Waals surface area contributed by atoms with Crippen molar-refractivity contribution in [1.29, 1.82) is 0 Å². The lowest BCUT2D eigenvalue weighted by atomic mass is 9.85. The minimum absolute atomic E-state index is 0.918. The van der Waals surface area contributed by atoms with E-state index in [1.807, 2.05) is 0 Å². The van der Waals surface area contributed by atoms with Crippen molar-refractivity contribution in [2.75, 3.05) is 0 Å². The second kappa shape index (κ2) is 11.6. The number of fused-ring (bicyclic) bond motifs is 11. The van der Waals surface area contributed by atoms with Crippen LogP contribution in [0.5, 0.6) is 0 Å². The Kier molecular flexibility index (Phi) is 6.40. The van der Waals surface area contributed by atoms with Gasteiger partial charge in [-0.25, -0.2) is 0 Å². The number of furan rings is 1. The van der Waals surface area contributed by atoms with Crippen LogP contribution in [0.15, 0.2) is 199 Å². The molecular weight excluding hydrogens is 665 g/mol. The smallest absolute Gasteiger partial charge is 0.136 e. The number of rotatable bonds is 3. The molecule has 0 bridgehead atoms. The van der Waals surface area contributed by atoms with Gasteiger partial charge in [0.2, 0.25) is 0 Å². The third kappa shape index (κ3) is 4.54. The Bertz CT molecular complexity index is 3490. The van der Waals surface area contributed by atoms with Gasteiger partial charge in [-0.1, -0.05) is 164 Å². The van der Waals surface area contributed by atoms with Crippen molar-refractivity contribution in [2.24, 2.45) is 0 Å². The SMILES string of the molecule is c1ccc2cc(-c3c4ccccc4c(-c4ccc5cc(-c6cc7oc8ccc9ccccc9c8c7c7ccccc67)ccc5c4)c4ccccc34)ccc2c1. The second-order valence-corrected chi connectivity index (χ2v) is 14.8. The lowest BCUT2D eigenvalue weighted by Crippen LogP contribution is -1.91. The van der Waals surface area contributed by atoms with Crippen molar-refractivity contribution >= 4 is 86.6 Å². The Morgan fingerprint density at radius 1 is 0.255 bits per heavy atom. The van der Waals surface area contributed by atoms with E-state index >= 15 is 0 Å². The van der Waals surface area contributed by atoms with E-state index in [0.29, 0.717) is 0 Å². The summed E-state index contributed by atoms with van der Waals surface area (Å²) < 4.78 is 6.61. The molecule has 0 atom stereocenters. The minimum atomic E-state index is 0.918. The highest BCUT2D eigenvalue weighted by Gasteiger charge is 2.19. The molecular formula is C54H32O. The largest absolute Gasteiger partial charge is 0.456 e. The average Bonchev–Trinajstić information content (AvgIpc) is 3.64. The fourth-order valence-corrected chi connectivity index (χ4v) is 9.30.